The summed E-state index contributed by atoms with van der Waals surface area (Å²) in [6, 6.07) is 4.59. The molecular formula is C20H20F2N2O7S. The minimum Gasteiger partial charge on any atom is -0.465 e. The standard InChI is InChI=1S/C20H20F2N2O7S/c1-11(24(32(4,28)29)15-5-6-16(21)17(22)10-15)18(25)23-14-8-12(19(26)30-2)7-13(9-14)20(27)31-3/h5-11H,1-4H3,(H,23,25)/t11-/m1/s1. The third kappa shape index (κ3) is 5.58. The molecule has 1 N–H and O–H groups in total. The van der Waals surface area contributed by atoms with Gasteiger partial charge in [0.15, 0.2) is 11.6 Å². The van der Waals surface area contributed by atoms with Crippen molar-refractivity contribution in [2.24, 2.45) is 0 Å². The molecule has 0 saturated heterocycles. The van der Waals surface area contributed by atoms with Gasteiger partial charge in [0.2, 0.25) is 15.9 Å². The van der Waals surface area contributed by atoms with Gasteiger partial charge in [0.05, 0.1) is 37.3 Å². The molecule has 172 valence electrons. The minimum absolute atomic E-state index is 0.0242. The van der Waals surface area contributed by atoms with Crippen LogP contribution < -0.4 is 9.62 Å². The summed E-state index contributed by atoms with van der Waals surface area (Å²) in [6.45, 7) is 1.23. The summed E-state index contributed by atoms with van der Waals surface area (Å²) < 4.78 is 61.4. The lowest BCUT2D eigenvalue weighted by molar-refractivity contribution is -0.116. The fourth-order valence-corrected chi connectivity index (χ4v) is 4.02. The highest BCUT2D eigenvalue weighted by Crippen LogP contribution is 2.24. The number of hydrogen-bond acceptors (Lipinski definition) is 7. The maximum Gasteiger partial charge on any atom is 0.337 e. The van der Waals surface area contributed by atoms with Gasteiger partial charge < -0.3 is 14.8 Å². The molecule has 1 atom stereocenters. The Hall–Kier alpha value is -3.54. The Labute approximate surface area is 183 Å². The van der Waals surface area contributed by atoms with Crippen LogP contribution in [0.1, 0.15) is 27.6 Å². The van der Waals surface area contributed by atoms with E-state index in [1.54, 1.807) is 0 Å². The van der Waals surface area contributed by atoms with Gasteiger partial charge in [-0.2, -0.15) is 0 Å². The first-order valence-corrected chi connectivity index (χ1v) is 10.8. The van der Waals surface area contributed by atoms with Crippen LogP contribution in [0.15, 0.2) is 36.4 Å². The van der Waals surface area contributed by atoms with E-state index in [0.717, 1.165) is 32.6 Å². The van der Waals surface area contributed by atoms with Gasteiger partial charge >= 0.3 is 11.9 Å². The topological polar surface area (TPSA) is 119 Å². The van der Waals surface area contributed by atoms with Crippen molar-refractivity contribution in [1.82, 2.24) is 0 Å². The Morgan fingerprint density at radius 2 is 1.47 bits per heavy atom. The number of methoxy groups -OCH3 is 2. The van der Waals surface area contributed by atoms with Gasteiger partial charge in [0, 0.05) is 11.8 Å². The number of nitrogens with zero attached hydrogens (tertiary/aromatic N) is 1. The molecule has 2 aromatic rings. The van der Waals surface area contributed by atoms with Crippen molar-refractivity contribution >= 4 is 39.2 Å². The van der Waals surface area contributed by atoms with Crippen LogP contribution in [0.3, 0.4) is 0 Å². The lowest BCUT2D eigenvalue weighted by Crippen LogP contribution is -2.45. The molecule has 0 fully saturated rings. The van der Waals surface area contributed by atoms with Crippen LogP contribution in [0.2, 0.25) is 0 Å². The number of halogens is 2. The third-order valence-corrected chi connectivity index (χ3v) is 5.53. The van der Waals surface area contributed by atoms with Gasteiger partial charge in [0.25, 0.3) is 0 Å². The molecule has 0 unspecified atom stereocenters. The van der Waals surface area contributed by atoms with E-state index in [9.17, 15) is 31.6 Å². The molecule has 0 aliphatic rings. The zero-order chi connectivity index (χ0) is 24.2. The Balaban J connectivity index is 2.43. The van der Waals surface area contributed by atoms with Crippen LogP contribution >= 0.6 is 0 Å². The average molecular weight is 470 g/mol. The third-order valence-electron chi connectivity index (χ3n) is 4.29. The van der Waals surface area contributed by atoms with E-state index in [1.165, 1.54) is 25.1 Å². The van der Waals surface area contributed by atoms with Crippen molar-refractivity contribution in [2.75, 3.05) is 30.1 Å². The molecule has 2 rings (SSSR count). The van der Waals surface area contributed by atoms with Gasteiger partial charge in [0.1, 0.15) is 6.04 Å². The average Bonchev–Trinajstić information content (AvgIpc) is 2.73. The molecule has 12 heteroatoms. The number of nitrogens with one attached hydrogen (secondary N) is 1. The summed E-state index contributed by atoms with van der Waals surface area (Å²) in [4.78, 5) is 36.6. The summed E-state index contributed by atoms with van der Waals surface area (Å²) >= 11 is 0. The summed E-state index contributed by atoms with van der Waals surface area (Å²) in [6.07, 6.45) is 0.797. The Morgan fingerprint density at radius 1 is 0.938 bits per heavy atom. The largest absolute Gasteiger partial charge is 0.465 e. The normalized spacial score (nSPS) is 11.9. The highest BCUT2D eigenvalue weighted by molar-refractivity contribution is 7.92. The maximum atomic E-state index is 13.7. The van der Waals surface area contributed by atoms with Crippen LogP contribution in [0.4, 0.5) is 20.2 Å². The van der Waals surface area contributed by atoms with Crippen LogP contribution in [0.5, 0.6) is 0 Å². The number of amides is 1. The number of hydrogen-bond donors (Lipinski definition) is 1. The Morgan fingerprint density at radius 3 is 1.91 bits per heavy atom. The highest BCUT2D eigenvalue weighted by Gasteiger charge is 2.30. The van der Waals surface area contributed by atoms with Crippen molar-refractivity contribution < 1.29 is 41.1 Å². The molecular weight excluding hydrogens is 450 g/mol. The van der Waals surface area contributed by atoms with Gasteiger partial charge in [-0.3, -0.25) is 9.10 Å². The summed E-state index contributed by atoms with van der Waals surface area (Å²) in [7, 11) is -1.85. The van der Waals surface area contributed by atoms with Gasteiger partial charge in [-0.1, -0.05) is 0 Å². The van der Waals surface area contributed by atoms with Crippen molar-refractivity contribution in [1.29, 1.82) is 0 Å². The number of carbonyl (C=O) groups excluding carboxylic acids is 3. The molecule has 0 bridgehead atoms. The minimum atomic E-state index is -4.10. The van der Waals surface area contributed by atoms with E-state index >= 15 is 0 Å². The SMILES string of the molecule is COC(=O)c1cc(NC(=O)[C@@H](C)N(c2ccc(F)c(F)c2)S(C)(=O)=O)cc(C(=O)OC)c1. The van der Waals surface area contributed by atoms with Crippen LogP contribution in [0, 0.1) is 11.6 Å². The van der Waals surface area contributed by atoms with Crippen molar-refractivity contribution in [3.63, 3.8) is 0 Å². The molecule has 0 radical (unpaired) electrons. The lowest BCUT2D eigenvalue weighted by atomic mass is 10.1. The summed E-state index contributed by atoms with van der Waals surface area (Å²) in [5.74, 6) is -4.94. The number of sulfonamides is 1. The van der Waals surface area contributed by atoms with E-state index in [2.05, 4.69) is 14.8 Å². The van der Waals surface area contributed by atoms with E-state index in [1.807, 2.05) is 0 Å². The molecule has 9 nitrogen and oxygen atoms in total. The Bertz CT molecular complexity index is 1130. The molecule has 2 aromatic carbocycles. The molecule has 0 aliphatic heterocycles. The fourth-order valence-electron chi connectivity index (χ4n) is 2.85. The predicted molar refractivity (Wildman–Crippen MR) is 111 cm³/mol. The molecule has 0 spiro atoms. The van der Waals surface area contributed by atoms with E-state index in [-0.39, 0.29) is 22.5 Å². The molecule has 0 saturated carbocycles. The number of ether oxygens (including phenoxy) is 2. The highest BCUT2D eigenvalue weighted by atomic mass is 32.2. The zero-order valence-corrected chi connectivity index (χ0v) is 18.3. The molecule has 32 heavy (non-hydrogen) atoms. The second-order valence-electron chi connectivity index (χ2n) is 6.60. The van der Waals surface area contributed by atoms with Gasteiger partial charge in [-0.25, -0.2) is 26.8 Å². The van der Waals surface area contributed by atoms with E-state index < -0.39 is 45.5 Å². The van der Waals surface area contributed by atoms with E-state index in [4.69, 9.17) is 0 Å². The first kappa shape index (κ1) is 24.7. The quantitative estimate of drug-likeness (QED) is 0.617. The van der Waals surface area contributed by atoms with Gasteiger partial charge in [-0.15, -0.1) is 0 Å². The van der Waals surface area contributed by atoms with Crippen LogP contribution in [0.25, 0.3) is 0 Å². The number of benzene rings is 2. The predicted octanol–water partition coefficient (Wildman–Crippen LogP) is 2.33. The monoisotopic (exact) mass is 470 g/mol. The number of anilines is 2. The first-order valence-electron chi connectivity index (χ1n) is 8.96. The number of esters is 2. The lowest BCUT2D eigenvalue weighted by Gasteiger charge is -2.28. The molecule has 1 amide bonds. The van der Waals surface area contributed by atoms with Crippen LogP contribution in [-0.2, 0) is 24.3 Å². The van der Waals surface area contributed by atoms with E-state index in [0.29, 0.717) is 10.4 Å². The molecule has 0 aromatic heterocycles. The number of carbonyl (C=O) groups is 3. The fraction of sp³-hybridized carbons (Fsp3) is 0.250. The second-order valence-corrected chi connectivity index (χ2v) is 8.46. The Kier molecular flexibility index (Phi) is 7.52. The first-order chi connectivity index (χ1) is 14.9. The number of rotatable bonds is 7. The molecule has 0 aliphatic carbocycles. The maximum absolute atomic E-state index is 13.7. The van der Waals surface area contributed by atoms with Gasteiger partial charge in [-0.05, 0) is 37.3 Å². The molecule has 0 heterocycles. The van der Waals surface area contributed by atoms with Crippen LogP contribution in [-0.4, -0.2) is 52.8 Å². The van der Waals surface area contributed by atoms with Crippen molar-refractivity contribution in [2.45, 2.75) is 13.0 Å². The zero-order valence-electron chi connectivity index (χ0n) is 17.5. The van der Waals surface area contributed by atoms with Crippen molar-refractivity contribution in [3.05, 3.63) is 59.2 Å². The smallest absolute Gasteiger partial charge is 0.337 e. The summed E-state index contributed by atoms with van der Waals surface area (Å²) in [5, 5.41) is 2.40. The van der Waals surface area contributed by atoms with Crippen molar-refractivity contribution in [3.8, 4) is 0 Å². The second kappa shape index (κ2) is 9.73. The summed E-state index contributed by atoms with van der Waals surface area (Å²) in [5.41, 5.74) is -0.436.